The molecular formula is C13H13FN2O. The normalized spacial score (nSPS) is 10.8. The third-order valence-corrected chi connectivity index (χ3v) is 2.59. The number of hydrogen-bond donors (Lipinski definition) is 0. The van der Waals surface area contributed by atoms with Crippen molar-refractivity contribution in [2.75, 3.05) is 0 Å². The highest BCUT2D eigenvalue weighted by Crippen LogP contribution is 2.26. The molecule has 1 aromatic heterocycles. The largest absolute Gasteiger partial charge is 0.298 e. The summed E-state index contributed by atoms with van der Waals surface area (Å²) in [4.78, 5) is 10.7. The van der Waals surface area contributed by atoms with Gasteiger partial charge in [0.1, 0.15) is 5.82 Å². The number of aldehydes is 1. The molecule has 0 aliphatic carbocycles. The van der Waals surface area contributed by atoms with E-state index in [1.807, 2.05) is 13.8 Å². The van der Waals surface area contributed by atoms with E-state index in [-0.39, 0.29) is 11.6 Å². The highest BCUT2D eigenvalue weighted by molar-refractivity contribution is 5.79. The lowest BCUT2D eigenvalue weighted by molar-refractivity contribution is 0.112. The molecule has 0 N–H and O–H groups in total. The van der Waals surface area contributed by atoms with E-state index in [1.165, 1.54) is 6.07 Å². The van der Waals surface area contributed by atoms with Gasteiger partial charge in [-0.25, -0.2) is 4.39 Å². The fraction of sp³-hybridized carbons (Fsp3) is 0.231. The monoisotopic (exact) mass is 232 g/mol. The molecule has 0 saturated heterocycles. The van der Waals surface area contributed by atoms with Gasteiger partial charge in [0.05, 0.1) is 11.3 Å². The Morgan fingerprint density at radius 2 is 2.12 bits per heavy atom. The van der Waals surface area contributed by atoms with Crippen molar-refractivity contribution in [1.82, 2.24) is 9.78 Å². The Kier molecular flexibility index (Phi) is 3.04. The molecule has 0 saturated carbocycles. The van der Waals surface area contributed by atoms with Gasteiger partial charge in [-0.2, -0.15) is 5.10 Å². The molecule has 2 aromatic rings. The number of nitrogens with zero attached hydrogens (tertiary/aromatic N) is 2. The van der Waals surface area contributed by atoms with Crippen LogP contribution in [0, 0.1) is 5.82 Å². The lowest BCUT2D eigenvalue weighted by atomic mass is 10.1. The molecule has 0 spiro atoms. The van der Waals surface area contributed by atoms with Crippen molar-refractivity contribution in [1.29, 1.82) is 0 Å². The minimum Gasteiger partial charge on any atom is -0.298 e. The number of carbonyl (C=O) groups is 1. The first-order valence-corrected chi connectivity index (χ1v) is 5.42. The van der Waals surface area contributed by atoms with Crippen molar-refractivity contribution in [3.8, 4) is 11.3 Å². The smallest absolute Gasteiger partial charge is 0.153 e. The standard InChI is InChI=1S/C13H13FN2O/c1-9(2)16-12(6-7-15-16)11-5-3-4-10(8-17)13(11)14/h3-9H,1-2H3. The van der Waals surface area contributed by atoms with Gasteiger partial charge in [0.15, 0.2) is 6.29 Å². The quantitative estimate of drug-likeness (QED) is 0.762. The molecule has 0 radical (unpaired) electrons. The molecule has 4 heteroatoms. The summed E-state index contributed by atoms with van der Waals surface area (Å²) >= 11 is 0. The van der Waals surface area contributed by atoms with Gasteiger partial charge in [0, 0.05) is 17.8 Å². The number of halogens is 1. The maximum Gasteiger partial charge on any atom is 0.153 e. The zero-order chi connectivity index (χ0) is 12.4. The van der Waals surface area contributed by atoms with Crippen LogP contribution < -0.4 is 0 Å². The highest BCUT2D eigenvalue weighted by atomic mass is 19.1. The van der Waals surface area contributed by atoms with E-state index >= 15 is 0 Å². The van der Waals surface area contributed by atoms with Crippen LogP contribution in [-0.2, 0) is 0 Å². The van der Waals surface area contributed by atoms with Crippen molar-refractivity contribution < 1.29 is 9.18 Å². The van der Waals surface area contributed by atoms with Gasteiger partial charge in [0.2, 0.25) is 0 Å². The van der Waals surface area contributed by atoms with Gasteiger partial charge in [-0.1, -0.05) is 6.07 Å². The van der Waals surface area contributed by atoms with Crippen LogP contribution in [0.4, 0.5) is 4.39 Å². The molecule has 0 fully saturated rings. The second-order valence-electron chi connectivity index (χ2n) is 4.08. The predicted molar refractivity (Wildman–Crippen MR) is 63.4 cm³/mol. The van der Waals surface area contributed by atoms with Gasteiger partial charge < -0.3 is 0 Å². The van der Waals surface area contributed by atoms with Crippen LogP contribution in [0.2, 0.25) is 0 Å². The van der Waals surface area contributed by atoms with E-state index in [0.29, 0.717) is 17.5 Å². The summed E-state index contributed by atoms with van der Waals surface area (Å²) in [6.07, 6.45) is 2.15. The molecule has 2 rings (SSSR count). The molecule has 88 valence electrons. The summed E-state index contributed by atoms with van der Waals surface area (Å²) in [6.45, 7) is 3.94. The van der Waals surface area contributed by atoms with Crippen LogP contribution in [0.25, 0.3) is 11.3 Å². The van der Waals surface area contributed by atoms with E-state index in [1.54, 1.807) is 29.1 Å². The number of hydrogen-bond acceptors (Lipinski definition) is 2. The lowest BCUT2D eigenvalue weighted by Crippen LogP contribution is -2.05. The second kappa shape index (κ2) is 4.49. The minimum absolute atomic E-state index is 0.0685. The first kappa shape index (κ1) is 11.5. The van der Waals surface area contributed by atoms with E-state index in [9.17, 15) is 9.18 Å². The number of rotatable bonds is 3. The van der Waals surface area contributed by atoms with Crippen LogP contribution in [-0.4, -0.2) is 16.1 Å². The van der Waals surface area contributed by atoms with Crippen LogP contribution in [0.15, 0.2) is 30.5 Å². The minimum atomic E-state index is -0.495. The fourth-order valence-corrected chi connectivity index (χ4v) is 1.78. The molecule has 0 amide bonds. The van der Waals surface area contributed by atoms with Gasteiger partial charge in [-0.15, -0.1) is 0 Å². The molecule has 0 bridgehead atoms. The lowest BCUT2D eigenvalue weighted by Gasteiger charge is -2.12. The SMILES string of the molecule is CC(C)n1nccc1-c1cccc(C=O)c1F. The fourth-order valence-electron chi connectivity index (χ4n) is 1.78. The Hall–Kier alpha value is -1.97. The summed E-state index contributed by atoms with van der Waals surface area (Å²) in [7, 11) is 0. The van der Waals surface area contributed by atoms with Crippen molar-refractivity contribution in [3.63, 3.8) is 0 Å². The van der Waals surface area contributed by atoms with Crippen molar-refractivity contribution in [2.24, 2.45) is 0 Å². The first-order chi connectivity index (χ1) is 8.15. The topological polar surface area (TPSA) is 34.9 Å². The van der Waals surface area contributed by atoms with Crippen LogP contribution in [0.3, 0.4) is 0 Å². The summed E-state index contributed by atoms with van der Waals surface area (Å²) in [5, 5.41) is 4.15. The van der Waals surface area contributed by atoms with Crippen LogP contribution in [0.1, 0.15) is 30.2 Å². The van der Waals surface area contributed by atoms with E-state index in [2.05, 4.69) is 5.10 Å². The molecule has 0 atom stereocenters. The highest BCUT2D eigenvalue weighted by Gasteiger charge is 2.14. The molecule has 3 nitrogen and oxygen atoms in total. The predicted octanol–water partition coefficient (Wildman–Crippen LogP) is 3.08. The van der Waals surface area contributed by atoms with E-state index in [4.69, 9.17) is 0 Å². The average Bonchev–Trinajstić information content (AvgIpc) is 2.78. The Balaban J connectivity index is 2.60. The summed E-state index contributed by atoms with van der Waals surface area (Å²) in [6, 6.07) is 6.66. The number of carbonyl (C=O) groups excluding carboxylic acids is 1. The van der Waals surface area contributed by atoms with Crippen LogP contribution >= 0.6 is 0 Å². The second-order valence-corrected chi connectivity index (χ2v) is 4.08. The van der Waals surface area contributed by atoms with E-state index in [0.717, 1.165) is 0 Å². The molecule has 17 heavy (non-hydrogen) atoms. The number of aromatic nitrogens is 2. The first-order valence-electron chi connectivity index (χ1n) is 5.42. The van der Waals surface area contributed by atoms with E-state index < -0.39 is 5.82 Å². The van der Waals surface area contributed by atoms with Crippen LogP contribution in [0.5, 0.6) is 0 Å². The van der Waals surface area contributed by atoms with Gasteiger partial charge >= 0.3 is 0 Å². The maximum absolute atomic E-state index is 14.0. The molecular weight excluding hydrogens is 219 g/mol. The average molecular weight is 232 g/mol. The maximum atomic E-state index is 14.0. The van der Waals surface area contributed by atoms with Crippen molar-refractivity contribution in [2.45, 2.75) is 19.9 Å². The Labute approximate surface area is 98.9 Å². The van der Waals surface area contributed by atoms with Gasteiger partial charge in [-0.05, 0) is 32.0 Å². The zero-order valence-corrected chi connectivity index (χ0v) is 9.72. The summed E-state index contributed by atoms with van der Waals surface area (Å²) < 4.78 is 15.7. The van der Waals surface area contributed by atoms with Gasteiger partial charge in [-0.3, -0.25) is 9.48 Å². The molecule has 0 unspecified atom stereocenters. The van der Waals surface area contributed by atoms with Crippen molar-refractivity contribution in [3.05, 3.63) is 41.8 Å². The third kappa shape index (κ3) is 1.98. The molecule has 0 aliphatic rings. The summed E-state index contributed by atoms with van der Waals surface area (Å²) in [5.41, 5.74) is 1.15. The molecule has 0 aliphatic heterocycles. The number of benzene rings is 1. The molecule has 1 aromatic carbocycles. The Morgan fingerprint density at radius 3 is 2.76 bits per heavy atom. The molecule has 1 heterocycles. The Morgan fingerprint density at radius 1 is 1.35 bits per heavy atom. The Bertz CT molecular complexity index is 546. The summed E-state index contributed by atoms with van der Waals surface area (Å²) in [5.74, 6) is -0.495. The zero-order valence-electron chi connectivity index (χ0n) is 9.72. The van der Waals surface area contributed by atoms with Gasteiger partial charge in [0.25, 0.3) is 0 Å². The third-order valence-electron chi connectivity index (χ3n) is 2.59. The van der Waals surface area contributed by atoms with Crippen molar-refractivity contribution >= 4 is 6.29 Å².